The molecular formula is C44H91NO5SSi. The molecule has 0 aliphatic rings. The predicted molar refractivity (Wildman–Crippen MR) is 232 cm³/mol. The van der Waals surface area contributed by atoms with Gasteiger partial charge in [0.15, 0.2) is 6.29 Å². The molecule has 312 valence electrons. The Hall–Kier alpha value is 0.0669. The topological polar surface area (TPSA) is 71.4 Å². The van der Waals surface area contributed by atoms with E-state index in [1.165, 1.54) is 153 Å². The van der Waals surface area contributed by atoms with Crippen LogP contribution in [0, 0.1) is 0 Å². The summed E-state index contributed by atoms with van der Waals surface area (Å²) in [4.78, 5) is 2.13. The number of unbranched alkanes of at least 4 members (excludes halogenated alkanes) is 24. The second-order valence-corrected chi connectivity index (χ2v) is 20.0. The molecule has 0 aliphatic carbocycles. The number of rotatable bonds is 44. The Bertz CT molecular complexity index is 710. The van der Waals surface area contributed by atoms with Gasteiger partial charge < -0.3 is 23.8 Å². The summed E-state index contributed by atoms with van der Waals surface area (Å²) in [5.41, 5.74) is 0. The zero-order valence-corrected chi connectivity index (χ0v) is 37.2. The summed E-state index contributed by atoms with van der Waals surface area (Å²) in [6.45, 7) is 12.9. The molecule has 52 heavy (non-hydrogen) atoms. The van der Waals surface area contributed by atoms with Crippen LogP contribution in [0.2, 0.25) is 13.1 Å². The minimum Gasteiger partial charge on any atom is -0.395 e. The lowest BCUT2D eigenvalue weighted by Crippen LogP contribution is -2.41. The molecule has 0 aromatic rings. The van der Waals surface area contributed by atoms with Crippen LogP contribution in [0.4, 0.5) is 0 Å². The van der Waals surface area contributed by atoms with Gasteiger partial charge in [-0.3, -0.25) is 4.90 Å². The molecule has 0 heterocycles. The highest BCUT2D eigenvalue weighted by molar-refractivity contribution is 7.99. The highest BCUT2D eigenvalue weighted by Crippen LogP contribution is 2.19. The zero-order chi connectivity index (χ0) is 38.1. The minimum absolute atomic E-state index is 0.147. The van der Waals surface area contributed by atoms with Gasteiger partial charge in [0.25, 0.3) is 0 Å². The fourth-order valence-electron chi connectivity index (χ4n) is 6.63. The quantitative estimate of drug-likeness (QED) is 0.0276. The Labute approximate surface area is 330 Å². The first-order valence-corrected chi connectivity index (χ1v) is 26.6. The third-order valence-electron chi connectivity index (χ3n) is 9.92. The summed E-state index contributed by atoms with van der Waals surface area (Å²) >= 11 is 1.99. The molecule has 1 atom stereocenters. The molecule has 0 spiro atoms. The molecule has 0 radical (unpaired) electrons. The molecule has 1 unspecified atom stereocenters. The Morgan fingerprint density at radius 2 is 0.981 bits per heavy atom. The van der Waals surface area contributed by atoms with Crippen LogP contribution >= 0.6 is 11.8 Å². The number of ether oxygens (including phenoxy) is 1. The van der Waals surface area contributed by atoms with Gasteiger partial charge >= 0.3 is 8.56 Å². The van der Waals surface area contributed by atoms with Gasteiger partial charge in [-0.2, -0.15) is 11.8 Å². The molecule has 0 fully saturated rings. The van der Waals surface area contributed by atoms with Crippen LogP contribution in [0.3, 0.4) is 0 Å². The maximum absolute atomic E-state index is 9.21. The lowest BCUT2D eigenvalue weighted by Gasteiger charge is -2.29. The molecule has 0 saturated heterocycles. The largest absolute Gasteiger partial charge is 0.395 e. The Kier molecular flexibility index (Phi) is 42.3. The Balaban J connectivity index is 4.29. The molecule has 0 aromatic heterocycles. The number of aliphatic hydroxyl groups excluding tert-OH is 2. The van der Waals surface area contributed by atoms with Gasteiger partial charge in [-0.25, -0.2) is 0 Å². The third-order valence-corrected chi connectivity index (χ3v) is 12.7. The molecule has 0 bridgehead atoms. The SMILES string of the molecule is CCCCCCCC/C=C\CCCCCCCCOC(CSCCCCCCCCCCCC)O[Si](C)(C)OCCCCCCN(CCO)CCO. The van der Waals surface area contributed by atoms with E-state index in [9.17, 15) is 10.2 Å². The monoisotopic (exact) mass is 774 g/mol. The first-order chi connectivity index (χ1) is 25.5. The molecule has 6 nitrogen and oxygen atoms in total. The van der Waals surface area contributed by atoms with E-state index in [0.29, 0.717) is 13.1 Å². The van der Waals surface area contributed by atoms with Crippen LogP contribution in [0.15, 0.2) is 12.2 Å². The Morgan fingerprint density at radius 3 is 1.50 bits per heavy atom. The molecule has 0 rings (SSSR count). The van der Waals surface area contributed by atoms with Crippen molar-refractivity contribution in [2.24, 2.45) is 0 Å². The maximum atomic E-state index is 9.21. The highest BCUT2D eigenvalue weighted by atomic mass is 32.2. The average molecular weight is 774 g/mol. The van der Waals surface area contributed by atoms with Crippen LogP contribution in [0.25, 0.3) is 0 Å². The summed E-state index contributed by atoms with van der Waals surface area (Å²) in [7, 11) is -2.30. The van der Waals surface area contributed by atoms with Crippen molar-refractivity contribution >= 4 is 20.3 Å². The van der Waals surface area contributed by atoms with Crippen molar-refractivity contribution in [2.45, 2.75) is 213 Å². The van der Waals surface area contributed by atoms with E-state index in [2.05, 4.69) is 44.0 Å². The van der Waals surface area contributed by atoms with Crippen LogP contribution < -0.4 is 0 Å². The van der Waals surface area contributed by atoms with E-state index < -0.39 is 8.56 Å². The summed E-state index contributed by atoms with van der Waals surface area (Å²) < 4.78 is 19.3. The number of hydrogen-bond donors (Lipinski definition) is 2. The number of nitrogens with zero attached hydrogens (tertiary/aromatic N) is 1. The maximum Gasteiger partial charge on any atom is 0.333 e. The highest BCUT2D eigenvalue weighted by Gasteiger charge is 2.29. The number of allylic oxidation sites excluding steroid dienone is 2. The number of hydrogen-bond acceptors (Lipinski definition) is 7. The van der Waals surface area contributed by atoms with E-state index in [1.807, 2.05) is 11.8 Å². The second-order valence-electron chi connectivity index (χ2n) is 15.6. The summed E-state index contributed by atoms with van der Waals surface area (Å²) in [5.74, 6) is 2.08. The predicted octanol–water partition coefficient (Wildman–Crippen LogP) is 12.6. The smallest absolute Gasteiger partial charge is 0.333 e. The van der Waals surface area contributed by atoms with Crippen LogP contribution in [-0.4, -0.2) is 87.5 Å². The van der Waals surface area contributed by atoms with Crippen LogP contribution in [0.1, 0.15) is 194 Å². The van der Waals surface area contributed by atoms with Gasteiger partial charge in [0.2, 0.25) is 0 Å². The number of aliphatic hydroxyl groups is 2. The van der Waals surface area contributed by atoms with Gasteiger partial charge in [0.05, 0.1) is 13.2 Å². The third kappa shape index (κ3) is 39.8. The van der Waals surface area contributed by atoms with Crippen LogP contribution in [-0.2, 0) is 13.6 Å². The fourth-order valence-corrected chi connectivity index (χ4v) is 9.17. The van der Waals surface area contributed by atoms with Gasteiger partial charge in [0.1, 0.15) is 0 Å². The van der Waals surface area contributed by atoms with E-state index in [-0.39, 0.29) is 19.5 Å². The zero-order valence-electron chi connectivity index (χ0n) is 35.4. The molecule has 0 aliphatic heterocycles. The standard InChI is InChI=1S/C44H91NO5SSi/c1-5-7-9-11-13-15-17-18-19-20-21-22-23-25-28-32-40-48-44(43-51-42-34-30-26-24-16-14-12-10-8-6-2)50-52(3,4)49-41-33-29-27-31-35-45(36-38-46)37-39-47/h18-19,44,46-47H,5-17,20-43H2,1-4H3/b19-18-. The second kappa shape index (κ2) is 42.2. The number of thioether (sulfide) groups is 1. The first kappa shape index (κ1) is 52.1. The Morgan fingerprint density at radius 1 is 0.538 bits per heavy atom. The average Bonchev–Trinajstić information content (AvgIpc) is 3.12. The van der Waals surface area contributed by atoms with Gasteiger partial charge in [0, 0.05) is 32.1 Å². The van der Waals surface area contributed by atoms with E-state index in [0.717, 1.165) is 57.6 Å². The van der Waals surface area contributed by atoms with Gasteiger partial charge in [-0.05, 0) is 76.8 Å². The van der Waals surface area contributed by atoms with Crippen molar-refractivity contribution in [3.05, 3.63) is 12.2 Å². The fraction of sp³-hybridized carbons (Fsp3) is 0.955. The van der Waals surface area contributed by atoms with Crippen molar-refractivity contribution in [3.63, 3.8) is 0 Å². The molecule has 2 N–H and O–H groups in total. The molecule has 8 heteroatoms. The summed E-state index contributed by atoms with van der Waals surface area (Å²) in [6, 6.07) is 0. The lowest BCUT2D eigenvalue weighted by molar-refractivity contribution is -0.0831. The lowest BCUT2D eigenvalue weighted by atomic mass is 10.1. The van der Waals surface area contributed by atoms with Crippen molar-refractivity contribution in [1.82, 2.24) is 4.90 Å². The van der Waals surface area contributed by atoms with E-state index >= 15 is 0 Å². The van der Waals surface area contributed by atoms with E-state index in [1.54, 1.807) is 0 Å². The summed E-state index contributed by atoms with van der Waals surface area (Å²) in [6.07, 6.45) is 41.3. The van der Waals surface area contributed by atoms with E-state index in [4.69, 9.17) is 13.6 Å². The summed E-state index contributed by atoms with van der Waals surface area (Å²) in [5, 5.41) is 18.4. The molecular weight excluding hydrogens is 683 g/mol. The molecule has 0 saturated carbocycles. The molecule has 0 aromatic carbocycles. The first-order valence-electron chi connectivity index (χ1n) is 22.6. The van der Waals surface area contributed by atoms with Crippen molar-refractivity contribution < 1.29 is 23.8 Å². The van der Waals surface area contributed by atoms with Crippen molar-refractivity contribution in [2.75, 3.05) is 57.6 Å². The molecule has 0 amide bonds. The normalized spacial score (nSPS) is 12.9. The van der Waals surface area contributed by atoms with Gasteiger partial charge in [-0.1, -0.05) is 154 Å². The van der Waals surface area contributed by atoms with Gasteiger partial charge in [-0.15, -0.1) is 0 Å². The minimum atomic E-state index is -2.30. The van der Waals surface area contributed by atoms with Crippen molar-refractivity contribution in [1.29, 1.82) is 0 Å². The van der Waals surface area contributed by atoms with Crippen molar-refractivity contribution in [3.8, 4) is 0 Å². The van der Waals surface area contributed by atoms with Crippen LogP contribution in [0.5, 0.6) is 0 Å².